The minimum Gasteiger partial charge on any atom is -0.456 e. The van der Waals surface area contributed by atoms with Crippen molar-refractivity contribution < 1.29 is 19.7 Å². The van der Waals surface area contributed by atoms with Crippen LogP contribution in [0, 0.1) is 6.92 Å². The van der Waals surface area contributed by atoms with E-state index in [1.807, 2.05) is 0 Å². The van der Waals surface area contributed by atoms with E-state index in [0.717, 1.165) is 5.56 Å². The predicted octanol–water partition coefficient (Wildman–Crippen LogP) is 1.93. The summed E-state index contributed by atoms with van der Waals surface area (Å²) < 4.78 is 5.26. The molecule has 1 aromatic carbocycles. The van der Waals surface area contributed by atoms with Crippen molar-refractivity contribution in [3.8, 4) is 0 Å². The molecular weight excluding hydrogens is 232 g/mol. The van der Waals surface area contributed by atoms with Crippen LogP contribution in [0.4, 0.5) is 0 Å². The molecule has 1 rings (SSSR count). The number of aliphatic hydroxyl groups excluding tert-OH is 2. The lowest BCUT2D eigenvalue weighted by atomic mass is 9.99. The van der Waals surface area contributed by atoms with Gasteiger partial charge in [-0.25, -0.2) is 4.79 Å². The molecule has 0 fully saturated rings. The van der Waals surface area contributed by atoms with Gasteiger partial charge in [-0.2, -0.15) is 0 Å². The molecule has 0 radical (unpaired) electrons. The first-order valence-electron chi connectivity index (χ1n) is 5.86. The first kappa shape index (κ1) is 14.7. The van der Waals surface area contributed by atoms with Crippen molar-refractivity contribution in [3.05, 3.63) is 34.4 Å². The van der Waals surface area contributed by atoms with Gasteiger partial charge in [0.2, 0.25) is 0 Å². The lowest BCUT2D eigenvalue weighted by Gasteiger charge is -2.20. The maximum atomic E-state index is 11.9. The van der Waals surface area contributed by atoms with Crippen molar-refractivity contribution >= 4 is 5.97 Å². The van der Waals surface area contributed by atoms with Crippen molar-refractivity contribution in [2.45, 2.75) is 46.5 Å². The molecule has 2 N–H and O–H groups in total. The minimum absolute atomic E-state index is 0.171. The third kappa shape index (κ3) is 3.55. The molecule has 0 bridgehead atoms. The van der Waals surface area contributed by atoms with Gasteiger partial charge in [-0.3, -0.25) is 0 Å². The second-order valence-electron chi connectivity index (χ2n) is 5.24. The summed E-state index contributed by atoms with van der Waals surface area (Å²) in [5.41, 5.74) is 1.83. The number of carbonyl (C=O) groups excluding carboxylic acids is 1. The number of rotatable bonds is 3. The van der Waals surface area contributed by atoms with Gasteiger partial charge in [0.15, 0.2) is 0 Å². The van der Waals surface area contributed by atoms with Gasteiger partial charge in [-0.05, 0) is 56.5 Å². The van der Waals surface area contributed by atoms with Crippen LogP contribution in [-0.2, 0) is 18.0 Å². The summed E-state index contributed by atoms with van der Waals surface area (Å²) in [4.78, 5) is 11.9. The fourth-order valence-electron chi connectivity index (χ4n) is 1.62. The monoisotopic (exact) mass is 252 g/mol. The highest BCUT2D eigenvalue weighted by atomic mass is 16.6. The maximum absolute atomic E-state index is 11.9. The molecule has 0 aliphatic heterocycles. The lowest BCUT2D eigenvalue weighted by molar-refractivity contribution is 0.00692. The topological polar surface area (TPSA) is 66.8 Å². The number of ether oxygens (including phenoxy) is 1. The molecule has 0 saturated heterocycles. The largest absolute Gasteiger partial charge is 0.456 e. The van der Waals surface area contributed by atoms with Gasteiger partial charge in [-0.15, -0.1) is 0 Å². The smallest absolute Gasteiger partial charge is 0.338 e. The Bertz CT molecular complexity index is 419. The molecule has 18 heavy (non-hydrogen) atoms. The number of aliphatic hydroxyl groups is 2. The van der Waals surface area contributed by atoms with E-state index in [9.17, 15) is 15.0 Å². The summed E-state index contributed by atoms with van der Waals surface area (Å²) in [7, 11) is 0. The van der Waals surface area contributed by atoms with Crippen LogP contribution in [0.3, 0.4) is 0 Å². The number of hydrogen-bond donors (Lipinski definition) is 2. The Kier molecular flexibility index (Phi) is 4.48. The molecule has 0 heterocycles. The summed E-state index contributed by atoms with van der Waals surface area (Å²) in [5, 5.41) is 18.5. The van der Waals surface area contributed by atoms with Gasteiger partial charge in [0.1, 0.15) is 5.60 Å². The SMILES string of the molecule is Cc1c(CO)cc(C(=O)OC(C)(C)C)cc1CO. The Morgan fingerprint density at radius 3 is 1.94 bits per heavy atom. The van der Waals surface area contributed by atoms with Crippen LogP contribution < -0.4 is 0 Å². The van der Waals surface area contributed by atoms with E-state index in [1.54, 1.807) is 39.8 Å². The average Bonchev–Trinajstić information content (AvgIpc) is 2.27. The second kappa shape index (κ2) is 5.50. The Labute approximate surface area is 107 Å². The lowest BCUT2D eigenvalue weighted by Crippen LogP contribution is -2.24. The van der Waals surface area contributed by atoms with Crippen LogP contribution in [0.15, 0.2) is 12.1 Å². The molecule has 0 saturated carbocycles. The molecule has 1 aromatic rings. The van der Waals surface area contributed by atoms with Crippen molar-refractivity contribution in [1.82, 2.24) is 0 Å². The van der Waals surface area contributed by atoms with Crippen LogP contribution in [0.5, 0.6) is 0 Å². The second-order valence-corrected chi connectivity index (χ2v) is 5.24. The summed E-state index contributed by atoms with van der Waals surface area (Å²) in [6, 6.07) is 3.20. The number of benzene rings is 1. The molecule has 4 nitrogen and oxygen atoms in total. The molecule has 0 amide bonds. The fourth-order valence-corrected chi connectivity index (χ4v) is 1.62. The predicted molar refractivity (Wildman–Crippen MR) is 68.2 cm³/mol. The highest BCUT2D eigenvalue weighted by Crippen LogP contribution is 2.20. The van der Waals surface area contributed by atoms with E-state index >= 15 is 0 Å². The first-order valence-corrected chi connectivity index (χ1v) is 5.86. The highest BCUT2D eigenvalue weighted by Gasteiger charge is 2.19. The van der Waals surface area contributed by atoms with E-state index < -0.39 is 11.6 Å². The van der Waals surface area contributed by atoms with Crippen LogP contribution >= 0.6 is 0 Å². The zero-order valence-corrected chi connectivity index (χ0v) is 11.3. The molecule has 0 spiro atoms. The molecule has 4 heteroatoms. The molecule has 0 aromatic heterocycles. The van der Waals surface area contributed by atoms with Gasteiger partial charge in [0.25, 0.3) is 0 Å². The quantitative estimate of drug-likeness (QED) is 0.807. The highest BCUT2D eigenvalue weighted by molar-refractivity contribution is 5.90. The molecule has 0 unspecified atom stereocenters. The fraction of sp³-hybridized carbons (Fsp3) is 0.500. The molecule has 100 valence electrons. The van der Waals surface area contributed by atoms with E-state index in [2.05, 4.69) is 0 Å². The summed E-state index contributed by atoms with van der Waals surface area (Å²) in [6.07, 6.45) is 0. The molecular formula is C14H20O4. The van der Waals surface area contributed by atoms with E-state index in [1.165, 1.54) is 0 Å². The standard InChI is InChI=1S/C14H20O4/c1-9-11(7-15)5-10(6-12(9)8-16)13(17)18-14(2,3)4/h5-6,15-16H,7-8H2,1-4H3. The maximum Gasteiger partial charge on any atom is 0.338 e. The minimum atomic E-state index is -0.569. The Morgan fingerprint density at radius 2 is 1.61 bits per heavy atom. The van der Waals surface area contributed by atoms with E-state index in [0.29, 0.717) is 16.7 Å². The first-order chi connectivity index (χ1) is 8.28. The molecule has 0 aliphatic rings. The molecule has 0 aliphatic carbocycles. The van der Waals surface area contributed by atoms with Crippen molar-refractivity contribution in [3.63, 3.8) is 0 Å². The average molecular weight is 252 g/mol. The van der Waals surface area contributed by atoms with Gasteiger partial charge in [0.05, 0.1) is 18.8 Å². The van der Waals surface area contributed by atoms with E-state index in [-0.39, 0.29) is 13.2 Å². The zero-order valence-electron chi connectivity index (χ0n) is 11.3. The number of hydrogen-bond acceptors (Lipinski definition) is 4. The third-order valence-electron chi connectivity index (χ3n) is 2.60. The van der Waals surface area contributed by atoms with Crippen molar-refractivity contribution in [2.24, 2.45) is 0 Å². The summed E-state index contributed by atoms with van der Waals surface area (Å²) in [5.74, 6) is -0.452. The van der Waals surface area contributed by atoms with Crippen molar-refractivity contribution in [1.29, 1.82) is 0 Å². The number of carbonyl (C=O) groups is 1. The van der Waals surface area contributed by atoms with Crippen LogP contribution in [0.1, 0.15) is 47.8 Å². The Balaban J connectivity index is 3.14. The van der Waals surface area contributed by atoms with Crippen molar-refractivity contribution in [2.75, 3.05) is 0 Å². The zero-order chi connectivity index (χ0) is 13.9. The van der Waals surface area contributed by atoms with Gasteiger partial charge < -0.3 is 14.9 Å². The molecule has 0 atom stereocenters. The van der Waals surface area contributed by atoms with Crippen LogP contribution in [0.25, 0.3) is 0 Å². The summed E-state index contributed by atoms with van der Waals surface area (Å²) >= 11 is 0. The van der Waals surface area contributed by atoms with Crippen LogP contribution in [0.2, 0.25) is 0 Å². The Morgan fingerprint density at radius 1 is 1.17 bits per heavy atom. The normalized spacial score (nSPS) is 11.4. The van der Waals surface area contributed by atoms with Gasteiger partial charge in [0, 0.05) is 0 Å². The summed E-state index contributed by atoms with van der Waals surface area (Å²) in [6.45, 7) is 6.83. The third-order valence-corrected chi connectivity index (χ3v) is 2.60. The Hall–Kier alpha value is -1.39. The van der Waals surface area contributed by atoms with Gasteiger partial charge >= 0.3 is 5.97 Å². The van der Waals surface area contributed by atoms with E-state index in [4.69, 9.17) is 4.74 Å². The number of esters is 1. The van der Waals surface area contributed by atoms with Crippen LogP contribution in [-0.4, -0.2) is 21.8 Å². The van der Waals surface area contributed by atoms with Gasteiger partial charge in [-0.1, -0.05) is 0 Å².